The molecule has 2 atom stereocenters. The number of hydrogen-bond donors (Lipinski definition) is 3. The monoisotopic (exact) mass is 505 g/mol. The molecule has 2 unspecified atom stereocenters. The first-order valence-corrected chi connectivity index (χ1v) is 15.8. The third-order valence-corrected chi connectivity index (χ3v) is 7.34. The van der Waals surface area contributed by atoms with Crippen LogP contribution in [0.5, 0.6) is 0 Å². The molecular weight excluding hydrogens is 450 g/mol. The number of aliphatic hydroxyl groups excluding tert-OH is 1. The average Bonchev–Trinajstić information content (AvgIpc) is 2.77. The summed E-state index contributed by atoms with van der Waals surface area (Å²) in [5.41, 5.74) is 0. The number of carbonyl (C=O) groups excluding carboxylic acids is 1. The van der Waals surface area contributed by atoms with Crippen LogP contribution in [0, 0.1) is 0 Å². The van der Waals surface area contributed by atoms with Gasteiger partial charge in [0.25, 0.3) is 10.1 Å². The molecule has 0 aromatic heterocycles. The van der Waals surface area contributed by atoms with Crippen molar-refractivity contribution in [3.63, 3.8) is 0 Å². The fraction of sp³-hybridized carbons (Fsp3) is 0.963. The fourth-order valence-corrected chi connectivity index (χ4v) is 5.15. The minimum Gasteiger partial charge on any atom is -0.391 e. The van der Waals surface area contributed by atoms with Gasteiger partial charge in [0.1, 0.15) is 0 Å². The Kier molecular flexibility index (Phi) is 22.3. The van der Waals surface area contributed by atoms with Gasteiger partial charge >= 0.3 is 0 Å². The summed E-state index contributed by atoms with van der Waals surface area (Å²) in [7, 11) is -4.28. The number of unbranched alkanes of at least 4 members (excludes halogenated alkanes) is 17. The second kappa shape index (κ2) is 22.8. The molecule has 0 spiro atoms. The van der Waals surface area contributed by atoms with Crippen LogP contribution in [0.15, 0.2) is 0 Å². The molecule has 0 saturated carbocycles. The topological polar surface area (TPSA) is 104 Å². The molecule has 0 saturated heterocycles. The summed E-state index contributed by atoms with van der Waals surface area (Å²) in [6.45, 7) is 4.43. The lowest BCUT2D eigenvalue weighted by Gasteiger charge is -2.23. The van der Waals surface area contributed by atoms with Crippen molar-refractivity contribution in [2.75, 3.05) is 5.75 Å². The van der Waals surface area contributed by atoms with Crippen molar-refractivity contribution in [2.45, 2.75) is 161 Å². The van der Waals surface area contributed by atoms with Crippen LogP contribution < -0.4 is 5.32 Å². The predicted molar refractivity (Wildman–Crippen MR) is 143 cm³/mol. The highest BCUT2D eigenvalue weighted by atomic mass is 32.2. The van der Waals surface area contributed by atoms with Gasteiger partial charge in [-0.15, -0.1) is 0 Å². The molecular formula is C27H55NO5S. The zero-order valence-corrected chi connectivity index (χ0v) is 23.1. The Balaban J connectivity index is 4.06. The molecule has 6 nitrogen and oxygen atoms in total. The molecule has 0 rings (SSSR count). The normalized spacial score (nSPS) is 13.6. The van der Waals surface area contributed by atoms with Crippen molar-refractivity contribution in [1.29, 1.82) is 0 Å². The summed E-state index contributed by atoms with van der Waals surface area (Å²) < 4.78 is 32.0. The zero-order chi connectivity index (χ0) is 25.5. The molecule has 7 heteroatoms. The van der Waals surface area contributed by atoms with Crippen molar-refractivity contribution < 1.29 is 22.9 Å². The average molecular weight is 506 g/mol. The molecule has 3 N–H and O–H groups in total. The van der Waals surface area contributed by atoms with Crippen LogP contribution in [-0.4, -0.2) is 41.9 Å². The third-order valence-electron chi connectivity index (χ3n) is 6.56. The van der Waals surface area contributed by atoms with Gasteiger partial charge in [0.2, 0.25) is 5.91 Å². The number of hydrogen-bond acceptors (Lipinski definition) is 4. The summed E-state index contributed by atoms with van der Waals surface area (Å²) in [6, 6.07) is -0.959. The zero-order valence-electron chi connectivity index (χ0n) is 22.2. The van der Waals surface area contributed by atoms with E-state index < -0.39 is 28.0 Å². The minimum atomic E-state index is -4.28. The van der Waals surface area contributed by atoms with Gasteiger partial charge in [0.05, 0.1) is 17.9 Å². The van der Waals surface area contributed by atoms with E-state index in [9.17, 15) is 22.9 Å². The second-order valence-electron chi connectivity index (χ2n) is 10.0. The Morgan fingerprint density at radius 2 is 1.06 bits per heavy atom. The minimum absolute atomic E-state index is 0.251. The van der Waals surface area contributed by atoms with Gasteiger partial charge in [0, 0.05) is 6.42 Å². The highest BCUT2D eigenvalue weighted by Gasteiger charge is 2.25. The van der Waals surface area contributed by atoms with Gasteiger partial charge < -0.3 is 10.4 Å². The second-order valence-corrected chi connectivity index (χ2v) is 11.5. The molecule has 0 aliphatic carbocycles. The number of carbonyl (C=O) groups is 1. The summed E-state index contributed by atoms with van der Waals surface area (Å²) in [5, 5.41) is 13.1. The number of nitrogens with one attached hydrogen (secondary N) is 1. The van der Waals surface area contributed by atoms with E-state index in [-0.39, 0.29) is 5.91 Å². The fourth-order valence-electron chi connectivity index (χ4n) is 4.39. The molecule has 0 aliphatic heterocycles. The quantitative estimate of drug-likeness (QED) is 0.0919. The molecule has 204 valence electrons. The predicted octanol–water partition coefficient (Wildman–Crippen LogP) is 6.95. The van der Waals surface area contributed by atoms with Crippen LogP contribution in [0.25, 0.3) is 0 Å². The van der Waals surface area contributed by atoms with Crippen molar-refractivity contribution >= 4 is 16.0 Å². The maximum absolute atomic E-state index is 12.3. The van der Waals surface area contributed by atoms with Crippen LogP contribution >= 0.6 is 0 Å². The van der Waals surface area contributed by atoms with E-state index in [1.54, 1.807) is 0 Å². The van der Waals surface area contributed by atoms with Gasteiger partial charge in [0.15, 0.2) is 0 Å². The van der Waals surface area contributed by atoms with Gasteiger partial charge in [-0.25, -0.2) is 0 Å². The first kappa shape index (κ1) is 33.3. The standard InChI is InChI=1S/C27H55NO5S/c1-3-5-7-9-11-13-15-17-19-21-23-27(30)28-25(24-34(31,32)33)26(29)22-20-18-16-14-12-10-8-6-4-2/h25-26,29H,3-24H2,1-2H3,(H,28,30)(H,31,32,33). The Bertz CT molecular complexity index is 567. The smallest absolute Gasteiger partial charge is 0.266 e. The van der Waals surface area contributed by atoms with E-state index in [1.807, 2.05) is 0 Å². The lowest BCUT2D eigenvalue weighted by molar-refractivity contribution is -0.122. The van der Waals surface area contributed by atoms with Crippen LogP contribution in [-0.2, 0) is 14.9 Å². The Morgan fingerprint density at radius 1 is 0.676 bits per heavy atom. The van der Waals surface area contributed by atoms with E-state index in [0.29, 0.717) is 12.8 Å². The highest BCUT2D eigenvalue weighted by Crippen LogP contribution is 2.14. The first-order valence-electron chi connectivity index (χ1n) is 14.2. The van der Waals surface area contributed by atoms with E-state index in [4.69, 9.17) is 0 Å². The number of amides is 1. The van der Waals surface area contributed by atoms with E-state index >= 15 is 0 Å². The summed E-state index contributed by atoms with van der Waals surface area (Å²) in [6.07, 6.45) is 22.0. The lowest BCUT2D eigenvalue weighted by atomic mass is 10.0. The van der Waals surface area contributed by atoms with Gasteiger partial charge in [-0.3, -0.25) is 9.35 Å². The Morgan fingerprint density at radius 3 is 1.47 bits per heavy atom. The van der Waals surface area contributed by atoms with Gasteiger partial charge in [-0.05, 0) is 12.8 Å². The maximum atomic E-state index is 12.3. The number of rotatable bonds is 25. The van der Waals surface area contributed by atoms with Crippen LogP contribution in [0.3, 0.4) is 0 Å². The summed E-state index contributed by atoms with van der Waals surface area (Å²) >= 11 is 0. The molecule has 0 aromatic carbocycles. The Hall–Kier alpha value is -0.660. The highest BCUT2D eigenvalue weighted by molar-refractivity contribution is 7.85. The largest absolute Gasteiger partial charge is 0.391 e. The van der Waals surface area contributed by atoms with Crippen LogP contribution in [0.2, 0.25) is 0 Å². The molecule has 1 amide bonds. The first-order chi connectivity index (χ1) is 16.3. The lowest BCUT2D eigenvalue weighted by Crippen LogP contribution is -2.47. The molecule has 0 bridgehead atoms. The van der Waals surface area contributed by atoms with E-state index in [0.717, 1.165) is 38.5 Å². The van der Waals surface area contributed by atoms with Crippen molar-refractivity contribution in [3.05, 3.63) is 0 Å². The SMILES string of the molecule is CCCCCCCCCCCCC(=O)NC(CS(=O)(=O)O)C(O)CCCCCCCCCCC. The maximum Gasteiger partial charge on any atom is 0.266 e. The molecule has 0 heterocycles. The van der Waals surface area contributed by atoms with E-state index in [2.05, 4.69) is 19.2 Å². The van der Waals surface area contributed by atoms with Crippen LogP contribution in [0.4, 0.5) is 0 Å². The van der Waals surface area contributed by atoms with Gasteiger partial charge in [-0.1, -0.05) is 129 Å². The Labute approximate surface area is 210 Å². The molecule has 0 aliphatic rings. The summed E-state index contributed by atoms with van der Waals surface area (Å²) in [4.78, 5) is 12.3. The van der Waals surface area contributed by atoms with Crippen LogP contribution in [0.1, 0.15) is 149 Å². The van der Waals surface area contributed by atoms with Crippen molar-refractivity contribution in [1.82, 2.24) is 5.32 Å². The molecule has 0 fully saturated rings. The molecule has 0 aromatic rings. The van der Waals surface area contributed by atoms with E-state index in [1.165, 1.54) is 83.5 Å². The van der Waals surface area contributed by atoms with Crippen molar-refractivity contribution in [3.8, 4) is 0 Å². The summed E-state index contributed by atoms with van der Waals surface area (Å²) in [5.74, 6) is -0.894. The molecule has 34 heavy (non-hydrogen) atoms. The van der Waals surface area contributed by atoms with Crippen molar-refractivity contribution in [2.24, 2.45) is 0 Å². The number of aliphatic hydroxyl groups is 1. The third kappa shape index (κ3) is 23.1. The molecule has 0 radical (unpaired) electrons. The van der Waals surface area contributed by atoms with Gasteiger partial charge in [-0.2, -0.15) is 8.42 Å².